The zero-order valence-corrected chi connectivity index (χ0v) is 17.9. The van der Waals surface area contributed by atoms with Gasteiger partial charge in [0.05, 0.1) is 12.1 Å². The van der Waals surface area contributed by atoms with Gasteiger partial charge in [-0.3, -0.25) is 4.79 Å². The summed E-state index contributed by atoms with van der Waals surface area (Å²) in [6.07, 6.45) is 15.6. The van der Waals surface area contributed by atoms with Crippen molar-refractivity contribution in [1.29, 1.82) is 0 Å². The van der Waals surface area contributed by atoms with Crippen molar-refractivity contribution in [3.8, 4) is 0 Å². The summed E-state index contributed by atoms with van der Waals surface area (Å²) >= 11 is 0. The van der Waals surface area contributed by atoms with Crippen molar-refractivity contribution in [3.63, 3.8) is 0 Å². The number of hydroxylamine groups is 2. The number of aliphatic carboxylic acids is 1. The first-order valence-electron chi connectivity index (χ1n) is 11.2. The van der Waals surface area contributed by atoms with Gasteiger partial charge in [0.25, 0.3) is 0 Å². The molecule has 1 N–H and O–H groups in total. The van der Waals surface area contributed by atoms with E-state index < -0.39 is 17.2 Å². The van der Waals surface area contributed by atoms with Gasteiger partial charge in [-0.05, 0) is 46.0 Å². The summed E-state index contributed by atoms with van der Waals surface area (Å²) in [5, 5.41) is 22.8. The van der Waals surface area contributed by atoms with Gasteiger partial charge in [-0.15, -0.1) is 10.3 Å². The summed E-state index contributed by atoms with van der Waals surface area (Å²) in [6, 6.07) is 0. The fourth-order valence-corrected chi connectivity index (χ4v) is 4.02. The largest absolute Gasteiger partial charge is 0.481 e. The molecule has 0 bridgehead atoms. The molecule has 5 heteroatoms. The summed E-state index contributed by atoms with van der Waals surface area (Å²) in [4.78, 5) is 10.7. The Kier molecular flexibility index (Phi) is 11.5. The molecule has 1 heterocycles. The van der Waals surface area contributed by atoms with Gasteiger partial charge in [0.2, 0.25) is 0 Å². The third-order valence-corrected chi connectivity index (χ3v) is 5.74. The molecule has 1 rings (SSSR count). The van der Waals surface area contributed by atoms with Crippen LogP contribution in [0.5, 0.6) is 0 Å². The number of hydrogen-bond acceptors (Lipinski definition) is 3. The summed E-state index contributed by atoms with van der Waals surface area (Å²) in [5.74, 6) is -0.773. The molecule has 0 aromatic heterocycles. The fourth-order valence-electron chi connectivity index (χ4n) is 4.02. The van der Waals surface area contributed by atoms with E-state index in [2.05, 4.69) is 6.92 Å². The number of nitrogens with zero attached hydrogens (tertiary/aromatic N) is 1. The van der Waals surface area contributed by atoms with Gasteiger partial charge in [0, 0.05) is 6.42 Å². The van der Waals surface area contributed by atoms with Crippen molar-refractivity contribution in [2.75, 3.05) is 6.61 Å². The highest BCUT2D eigenvalue weighted by Gasteiger charge is 2.51. The van der Waals surface area contributed by atoms with E-state index >= 15 is 0 Å². The molecule has 27 heavy (non-hydrogen) atoms. The smallest absolute Gasteiger partial charge is 0.303 e. The fraction of sp³-hybridized carbons (Fsp3) is 0.955. The molecule has 0 aliphatic carbocycles. The Morgan fingerprint density at radius 3 is 1.81 bits per heavy atom. The maximum Gasteiger partial charge on any atom is 0.303 e. The lowest BCUT2D eigenvalue weighted by molar-refractivity contribution is -0.296. The standard InChI is InChI=1S/C22H42NO4/c1-4-5-6-7-8-9-10-11-12-14-17-22(18-15-13-16-20(24)25)23(26)21(2,3)19-27-22/h4-19H2,1-3H3,(H,24,25). The van der Waals surface area contributed by atoms with Crippen LogP contribution in [0.15, 0.2) is 0 Å². The Morgan fingerprint density at radius 2 is 1.37 bits per heavy atom. The Hall–Kier alpha value is -0.650. The number of carboxylic acid groups (broad SMARTS) is 1. The van der Waals surface area contributed by atoms with Gasteiger partial charge in [0.1, 0.15) is 5.72 Å². The van der Waals surface area contributed by atoms with Crippen molar-refractivity contribution >= 4 is 5.97 Å². The van der Waals surface area contributed by atoms with E-state index in [4.69, 9.17) is 9.84 Å². The minimum Gasteiger partial charge on any atom is -0.481 e. The van der Waals surface area contributed by atoms with Gasteiger partial charge in [-0.25, -0.2) is 0 Å². The number of hydrogen-bond donors (Lipinski definition) is 1. The van der Waals surface area contributed by atoms with E-state index in [9.17, 15) is 10.0 Å². The second-order valence-electron chi connectivity index (χ2n) is 8.87. The molecule has 1 aliphatic rings. The number of carbonyl (C=O) groups is 1. The topological polar surface area (TPSA) is 69.7 Å². The van der Waals surface area contributed by atoms with Crippen LogP contribution < -0.4 is 0 Å². The van der Waals surface area contributed by atoms with Crippen molar-refractivity contribution in [2.45, 2.75) is 128 Å². The average molecular weight is 385 g/mol. The van der Waals surface area contributed by atoms with Gasteiger partial charge in [-0.2, -0.15) is 0 Å². The molecule has 1 atom stereocenters. The lowest BCUT2D eigenvalue weighted by atomic mass is 9.95. The SMILES string of the molecule is CCCCCCCCCCCCC1(CCCCC(=O)O)OCC(C)(C)N1[O]. The summed E-state index contributed by atoms with van der Waals surface area (Å²) in [5.41, 5.74) is -1.24. The Balaban J connectivity index is 2.29. The van der Waals surface area contributed by atoms with Crippen LogP contribution in [-0.4, -0.2) is 34.0 Å². The van der Waals surface area contributed by atoms with Crippen LogP contribution in [0.2, 0.25) is 0 Å². The molecule has 1 radical (unpaired) electrons. The molecule has 0 aromatic rings. The number of ether oxygens (including phenoxy) is 1. The average Bonchev–Trinajstić information content (AvgIpc) is 2.85. The Bertz CT molecular complexity index is 413. The first-order valence-corrected chi connectivity index (χ1v) is 11.2. The monoisotopic (exact) mass is 384 g/mol. The Morgan fingerprint density at radius 1 is 0.889 bits per heavy atom. The minimum atomic E-state index is -0.773. The molecule has 5 nitrogen and oxygen atoms in total. The van der Waals surface area contributed by atoms with Crippen LogP contribution in [-0.2, 0) is 14.7 Å². The molecular formula is C22H42NO4. The highest BCUT2D eigenvalue weighted by Crippen LogP contribution is 2.40. The van der Waals surface area contributed by atoms with E-state index in [0.29, 0.717) is 19.4 Å². The highest BCUT2D eigenvalue weighted by molar-refractivity contribution is 5.66. The summed E-state index contributed by atoms with van der Waals surface area (Å²) in [6.45, 7) is 6.55. The summed E-state index contributed by atoms with van der Waals surface area (Å²) < 4.78 is 6.02. The van der Waals surface area contributed by atoms with Crippen molar-refractivity contribution in [1.82, 2.24) is 5.06 Å². The lowest BCUT2D eigenvalue weighted by Crippen LogP contribution is -2.49. The second kappa shape index (κ2) is 12.7. The van der Waals surface area contributed by atoms with Crippen LogP contribution in [0.1, 0.15) is 117 Å². The second-order valence-corrected chi connectivity index (χ2v) is 8.87. The quantitative estimate of drug-likeness (QED) is 0.327. The molecule has 0 spiro atoms. The van der Waals surface area contributed by atoms with Gasteiger partial charge >= 0.3 is 5.97 Å². The number of carboxylic acids is 1. The van der Waals surface area contributed by atoms with E-state index in [1.54, 1.807) is 0 Å². The predicted molar refractivity (Wildman–Crippen MR) is 108 cm³/mol. The maximum absolute atomic E-state index is 12.8. The molecule has 1 aliphatic heterocycles. The molecular weight excluding hydrogens is 342 g/mol. The zero-order chi connectivity index (χ0) is 20.2. The number of rotatable bonds is 16. The molecule has 159 valence electrons. The summed E-state index contributed by atoms with van der Waals surface area (Å²) in [7, 11) is 0. The highest BCUT2D eigenvalue weighted by atomic mass is 16.6. The maximum atomic E-state index is 12.8. The molecule has 0 amide bonds. The third-order valence-electron chi connectivity index (χ3n) is 5.74. The lowest BCUT2D eigenvalue weighted by Gasteiger charge is -2.35. The Labute approximate surface area is 166 Å². The van der Waals surface area contributed by atoms with Gasteiger partial charge in [0.15, 0.2) is 0 Å². The molecule has 1 fully saturated rings. The first-order chi connectivity index (χ1) is 12.8. The molecule has 1 unspecified atom stereocenters. The van der Waals surface area contributed by atoms with Crippen molar-refractivity contribution < 1.29 is 19.8 Å². The van der Waals surface area contributed by atoms with Gasteiger partial charge in [-0.1, -0.05) is 64.7 Å². The van der Waals surface area contributed by atoms with Crippen LogP contribution in [0.3, 0.4) is 0 Å². The molecule has 1 saturated heterocycles. The third kappa shape index (κ3) is 8.93. The van der Waals surface area contributed by atoms with E-state index in [-0.39, 0.29) is 6.42 Å². The van der Waals surface area contributed by atoms with Crippen LogP contribution in [0, 0.1) is 0 Å². The predicted octanol–water partition coefficient (Wildman–Crippen LogP) is 6.10. The van der Waals surface area contributed by atoms with Crippen LogP contribution in [0.25, 0.3) is 0 Å². The minimum absolute atomic E-state index is 0.163. The molecule has 0 aromatic carbocycles. The van der Waals surface area contributed by atoms with Crippen molar-refractivity contribution in [3.05, 3.63) is 0 Å². The van der Waals surface area contributed by atoms with Gasteiger partial charge < -0.3 is 9.84 Å². The first kappa shape index (κ1) is 24.4. The molecule has 0 saturated carbocycles. The van der Waals surface area contributed by atoms with Crippen LogP contribution in [0.4, 0.5) is 0 Å². The van der Waals surface area contributed by atoms with E-state index in [0.717, 1.165) is 30.7 Å². The zero-order valence-electron chi connectivity index (χ0n) is 17.9. The van der Waals surface area contributed by atoms with E-state index in [1.165, 1.54) is 51.4 Å². The van der Waals surface area contributed by atoms with E-state index in [1.807, 2.05) is 13.8 Å². The number of unbranched alkanes of at least 4 members (excludes halogenated alkanes) is 10. The normalized spacial score (nSPS) is 22.4. The van der Waals surface area contributed by atoms with Crippen molar-refractivity contribution in [2.24, 2.45) is 0 Å². The van der Waals surface area contributed by atoms with Crippen LogP contribution >= 0.6 is 0 Å².